The number of hydrogen-bond acceptors (Lipinski definition) is 0. The molecule has 0 aliphatic carbocycles. The molecule has 4 unspecified atom stereocenters. The third kappa shape index (κ3) is 0.0285. The van der Waals surface area contributed by atoms with E-state index in [1.165, 1.54) is 33.7 Å². The van der Waals surface area contributed by atoms with Crippen LogP contribution in [0.4, 0.5) is 0 Å². The minimum absolute atomic E-state index is 1.07. The molecular weight excluding hydrogens is 212 g/mol. The third-order valence-corrected chi connectivity index (χ3v) is 64.8. The Bertz CT molecular complexity index is 889. The first-order valence-electron chi connectivity index (χ1n) is 6.54. The maximum atomic E-state index is 2.83. The van der Waals surface area contributed by atoms with E-state index in [1.54, 1.807) is 0 Å². The summed E-state index contributed by atoms with van der Waals surface area (Å²) in [6, 6.07) is 0. The van der Waals surface area contributed by atoms with E-state index in [0.29, 0.717) is 0 Å². The molecule has 0 N–H and O–H groups in total. The van der Waals surface area contributed by atoms with Crippen LogP contribution in [0, 0.1) is 0 Å². The molecule has 1 spiro atoms. The van der Waals surface area contributed by atoms with E-state index in [0.717, 1.165) is 12.9 Å². The van der Waals surface area contributed by atoms with Crippen LogP contribution in [0.5, 0.6) is 0 Å². The van der Waals surface area contributed by atoms with E-state index < -0.39 is 6.51 Å². The van der Waals surface area contributed by atoms with Crippen LogP contribution < -0.4 is 0 Å². The van der Waals surface area contributed by atoms with Gasteiger partial charge >= 0.3 is 73.9 Å². The Morgan fingerprint density at radius 1 is 0.714 bits per heavy atom. The Labute approximate surface area is 74.1 Å². The van der Waals surface area contributed by atoms with E-state index in [2.05, 4.69) is 20.8 Å². The van der Waals surface area contributed by atoms with Gasteiger partial charge in [-0.05, 0) is 0 Å². The summed E-state index contributed by atoms with van der Waals surface area (Å²) in [4.78, 5) is 10.4. The molecule has 10 aliphatic heterocycles. The van der Waals surface area contributed by atoms with Crippen LogP contribution in [-0.4, -0.2) is 0 Å². The molecule has 14 heavy (non-hydrogen) atoms. The molecular formula is C13H16Fe. The van der Waals surface area contributed by atoms with E-state index >= 15 is 0 Å². The predicted octanol–water partition coefficient (Wildman–Crippen LogP) is 4.55. The zero-order valence-electron chi connectivity index (χ0n) is 8.90. The zero-order valence-corrected chi connectivity index (χ0v) is 10.00. The van der Waals surface area contributed by atoms with Crippen LogP contribution >= 0.6 is 0 Å². The van der Waals surface area contributed by atoms with Crippen molar-refractivity contribution >= 4 is 0 Å². The molecule has 0 radical (unpaired) electrons. The molecule has 0 aromatic rings. The van der Waals surface area contributed by atoms with E-state index in [-0.39, 0.29) is 0 Å². The first-order chi connectivity index (χ1) is 6.33. The molecule has 0 saturated carbocycles. The van der Waals surface area contributed by atoms with Crippen molar-refractivity contribution in [2.75, 3.05) is 0 Å². The van der Waals surface area contributed by atoms with Crippen molar-refractivity contribution in [3.8, 4) is 0 Å². The van der Waals surface area contributed by atoms with Gasteiger partial charge in [0.15, 0.2) is 0 Å². The zero-order chi connectivity index (χ0) is 8.86. The van der Waals surface area contributed by atoms with Gasteiger partial charge in [-0.2, -0.15) is 0 Å². The van der Waals surface area contributed by atoms with E-state index in [9.17, 15) is 0 Å². The topological polar surface area (TPSA) is 0 Å². The van der Waals surface area contributed by atoms with E-state index in [4.69, 9.17) is 0 Å². The molecule has 0 bridgehead atoms. The van der Waals surface area contributed by atoms with Crippen molar-refractivity contribution in [1.82, 2.24) is 0 Å². The second-order valence-electron chi connectivity index (χ2n) is 10.9. The molecule has 10 fully saturated rings. The molecule has 0 aromatic carbocycles. The molecule has 76 valence electrons. The van der Waals surface area contributed by atoms with Crippen molar-refractivity contribution in [2.45, 2.75) is 67.4 Å². The van der Waals surface area contributed by atoms with Crippen LogP contribution in [0.3, 0.4) is 0 Å². The second kappa shape index (κ2) is 0.297. The van der Waals surface area contributed by atoms with Gasteiger partial charge in [-0.1, -0.05) is 0 Å². The molecule has 0 aromatic heterocycles. The Balaban J connectivity index is 2.12. The van der Waals surface area contributed by atoms with Gasteiger partial charge in [-0.25, -0.2) is 0 Å². The van der Waals surface area contributed by atoms with Crippen molar-refractivity contribution in [2.24, 2.45) is 0 Å². The van der Waals surface area contributed by atoms with Crippen molar-refractivity contribution in [3.05, 3.63) is 0 Å². The molecule has 10 aliphatic rings. The fraction of sp³-hybridized carbons (Fsp3) is 1.00. The van der Waals surface area contributed by atoms with Gasteiger partial charge in [0, 0.05) is 0 Å². The normalized spacial score (nSPS) is 153. The van der Waals surface area contributed by atoms with Gasteiger partial charge in [-0.15, -0.1) is 0 Å². The van der Waals surface area contributed by atoms with Crippen LogP contribution in [0.15, 0.2) is 0 Å². The van der Waals surface area contributed by atoms with Gasteiger partial charge in [-0.3, -0.25) is 0 Å². The first kappa shape index (κ1) is 4.80. The summed E-state index contributed by atoms with van der Waals surface area (Å²) in [6.07, 6.45) is 0. The third-order valence-electron chi connectivity index (χ3n) is 17.5. The molecule has 1 heteroatoms. The predicted molar refractivity (Wildman–Crippen MR) is 51.4 cm³/mol. The quantitative estimate of drug-likeness (QED) is 0.533. The van der Waals surface area contributed by atoms with Gasteiger partial charge in [0.1, 0.15) is 0 Å². The first-order valence-corrected chi connectivity index (χ1v) is 12.7. The van der Waals surface area contributed by atoms with Gasteiger partial charge in [0.2, 0.25) is 0 Å². The number of fused-ring (bicyclic) bond motifs is 10. The summed E-state index contributed by atoms with van der Waals surface area (Å²) < 4.78 is 3.26. The summed E-state index contributed by atoms with van der Waals surface area (Å²) in [5.41, 5.74) is 0. The van der Waals surface area contributed by atoms with Gasteiger partial charge in [0.25, 0.3) is 0 Å². The Kier molecular flexibility index (Phi) is 0.102. The molecule has 10 heterocycles. The van der Waals surface area contributed by atoms with Crippen LogP contribution in [0.25, 0.3) is 0 Å². The molecule has 0 nitrogen and oxygen atoms in total. The average molecular weight is 228 g/mol. The second-order valence-corrected chi connectivity index (χ2v) is 34.6. The average Bonchev–Trinajstić information content (AvgIpc) is 3.11. The summed E-state index contributed by atoms with van der Waals surface area (Å²) in [5.74, 6) is 0. The SMILES string of the molecule is C[C]12[CH]3[CH]4[C]5(C)[C]1(C)[Fe]34251678[CH]2[CH]1[CH]6[CH]7[CH]28. The number of rotatable bonds is 0. The molecule has 4 atom stereocenters. The maximum absolute atomic E-state index is 2.83. The molecule has 10 rings (SSSR count). The number of hydrogen-bond donors (Lipinski definition) is 0. The standard InChI is InChI=1S/C8H11.C5H5.Fe/c1-6-4-5-7(2)8(6)3;1-2-4-5-3-1;/h4-5H,1-3H3;1-5H;. The Morgan fingerprint density at radius 3 is 1.07 bits per heavy atom. The monoisotopic (exact) mass is 228 g/mol. The molecule has 10 saturated heterocycles. The fourth-order valence-corrected chi connectivity index (χ4v) is 102. The fourth-order valence-electron chi connectivity index (χ4n) is 20.2. The van der Waals surface area contributed by atoms with Crippen molar-refractivity contribution in [3.63, 3.8) is 0 Å². The van der Waals surface area contributed by atoms with Gasteiger partial charge in [0.05, 0.1) is 0 Å². The van der Waals surface area contributed by atoms with Gasteiger partial charge < -0.3 is 0 Å². The summed E-state index contributed by atoms with van der Waals surface area (Å²) in [7, 11) is 0. The summed E-state index contributed by atoms with van der Waals surface area (Å²) in [5, 5.41) is 0. The van der Waals surface area contributed by atoms with Crippen molar-refractivity contribution < 1.29 is 6.51 Å². The van der Waals surface area contributed by atoms with Crippen LogP contribution in [-0.2, 0) is 6.51 Å². The molecule has 0 amide bonds. The Morgan fingerprint density at radius 2 is 1.07 bits per heavy atom. The minimum atomic E-state index is -2.79. The van der Waals surface area contributed by atoms with E-state index in [1.807, 2.05) is 0 Å². The summed E-state index contributed by atoms with van der Waals surface area (Å²) >= 11 is 0. The van der Waals surface area contributed by atoms with Crippen molar-refractivity contribution in [1.29, 1.82) is 0 Å². The summed E-state index contributed by atoms with van der Waals surface area (Å²) in [6.45, 7) is 5.71. The van der Waals surface area contributed by atoms with Crippen LogP contribution in [0.1, 0.15) is 20.8 Å². The Hall–Kier alpha value is 0.519. The van der Waals surface area contributed by atoms with Crippen LogP contribution in [0.2, 0.25) is 46.7 Å².